The topological polar surface area (TPSA) is 91.2 Å². The van der Waals surface area contributed by atoms with Crippen LogP contribution in [-0.4, -0.2) is 39.9 Å². The Morgan fingerprint density at radius 1 is 1.43 bits per heavy atom. The van der Waals surface area contributed by atoms with Gasteiger partial charge in [0, 0.05) is 47.2 Å². The van der Waals surface area contributed by atoms with Gasteiger partial charge in [-0.05, 0) is 44.0 Å². The number of carbonyl (C=O) groups excluding carboxylic acids is 2. The van der Waals surface area contributed by atoms with Crippen molar-refractivity contribution >= 4 is 40.2 Å². The summed E-state index contributed by atoms with van der Waals surface area (Å²) in [4.78, 5) is 29.8. The molecule has 146 valence electrons. The summed E-state index contributed by atoms with van der Waals surface area (Å²) in [7, 11) is 0. The average Bonchev–Trinajstić information content (AvgIpc) is 3.33. The van der Waals surface area contributed by atoms with E-state index in [1.54, 1.807) is 4.90 Å². The molecule has 8 heteroatoms. The summed E-state index contributed by atoms with van der Waals surface area (Å²) in [6.07, 6.45) is 2.85. The molecular weight excluding hydrogens is 380 g/mol. The first-order valence-corrected chi connectivity index (χ1v) is 9.57. The maximum absolute atomic E-state index is 12.5. The number of aromatic amines is 1. The van der Waals surface area contributed by atoms with E-state index in [-0.39, 0.29) is 18.2 Å². The van der Waals surface area contributed by atoms with E-state index in [0.29, 0.717) is 30.4 Å². The van der Waals surface area contributed by atoms with E-state index in [1.807, 2.05) is 38.2 Å². The number of nitrogens with zero attached hydrogens (tertiary/aromatic N) is 2. The van der Waals surface area contributed by atoms with Crippen LogP contribution in [0.4, 0.5) is 5.88 Å². The van der Waals surface area contributed by atoms with Crippen LogP contribution in [0.25, 0.3) is 10.9 Å². The Bertz CT molecular complexity index is 1060. The van der Waals surface area contributed by atoms with Crippen molar-refractivity contribution in [1.82, 2.24) is 15.0 Å². The van der Waals surface area contributed by atoms with Crippen LogP contribution in [0.1, 0.15) is 23.2 Å². The largest absolute Gasteiger partial charge is 0.361 e. The summed E-state index contributed by atoms with van der Waals surface area (Å²) in [5.41, 5.74) is 3.65. The van der Waals surface area contributed by atoms with Gasteiger partial charge in [0.1, 0.15) is 0 Å². The molecule has 0 spiro atoms. The van der Waals surface area contributed by atoms with Crippen LogP contribution in [0.5, 0.6) is 0 Å². The van der Waals surface area contributed by atoms with Crippen molar-refractivity contribution < 1.29 is 14.1 Å². The number of carbonyl (C=O) groups is 2. The highest BCUT2D eigenvalue weighted by molar-refractivity contribution is 6.31. The molecular formula is C20H21ClN4O3. The fourth-order valence-corrected chi connectivity index (χ4v) is 3.69. The van der Waals surface area contributed by atoms with E-state index < -0.39 is 5.92 Å². The standard InChI is InChI=1S/C20H21ClN4O3/c1-11-12(2)24-28-20(11)23-19(27)14-7-18(26)25(10-14)6-5-13-9-22-17-4-3-15(21)8-16(13)17/h3-4,8-9,14,22H,5-7,10H2,1-2H3,(H,23,27). The molecule has 1 aromatic carbocycles. The predicted molar refractivity (Wildman–Crippen MR) is 106 cm³/mol. The number of halogens is 1. The Hall–Kier alpha value is -2.80. The normalized spacial score (nSPS) is 16.9. The van der Waals surface area contributed by atoms with E-state index in [2.05, 4.69) is 15.5 Å². The molecule has 3 heterocycles. The molecule has 0 saturated carbocycles. The number of aryl methyl sites for hydroxylation is 1. The Labute approximate surface area is 167 Å². The van der Waals surface area contributed by atoms with Gasteiger partial charge in [-0.1, -0.05) is 16.8 Å². The Kier molecular flexibility index (Phi) is 4.85. The monoisotopic (exact) mass is 400 g/mol. The minimum absolute atomic E-state index is 0.0107. The SMILES string of the molecule is Cc1noc(NC(=O)C2CC(=O)N(CCc3c[nH]c4ccc(Cl)cc34)C2)c1C. The van der Waals surface area contributed by atoms with Crippen LogP contribution >= 0.6 is 11.6 Å². The second-order valence-electron chi connectivity index (χ2n) is 7.21. The molecule has 2 aromatic heterocycles. The van der Waals surface area contributed by atoms with Crippen molar-refractivity contribution in [1.29, 1.82) is 0 Å². The molecule has 1 unspecified atom stereocenters. The minimum atomic E-state index is -0.394. The van der Waals surface area contributed by atoms with E-state index in [1.165, 1.54) is 0 Å². The van der Waals surface area contributed by atoms with Gasteiger partial charge in [-0.15, -0.1) is 0 Å². The molecule has 0 aliphatic carbocycles. The number of rotatable bonds is 5. The van der Waals surface area contributed by atoms with Gasteiger partial charge in [0.2, 0.25) is 17.7 Å². The number of hydrogen-bond acceptors (Lipinski definition) is 4. The van der Waals surface area contributed by atoms with Crippen molar-refractivity contribution in [3.63, 3.8) is 0 Å². The molecule has 3 aromatic rings. The summed E-state index contributed by atoms with van der Waals surface area (Å²) >= 11 is 6.10. The van der Waals surface area contributed by atoms with Crippen LogP contribution in [0.2, 0.25) is 5.02 Å². The van der Waals surface area contributed by atoms with Gasteiger partial charge in [-0.3, -0.25) is 14.9 Å². The van der Waals surface area contributed by atoms with Gasteiger partial charge in [0.15, 0.2) is 0 Å². The highest BCUT2D eigenvalue weighted by Crippen LogP contribution is 2.25. The lowest BCUT2D eigenvalue weighted by atomic mass is 10.1. The molecule has 0 bridgehead atoms. The van der Waals surface area contributed by atoms with Crippen molar-refractivity contribution in [2.45, 2.75) is 26.7 Å². The van der Waals surface area contributed by atoms with Crippen LogP contribution in [0.15, 0.2) is 28.9 Å². The van der Waals surface area contributed by atoms with Gasteiger partial charge in [0.05, 0.1) is 11.6 Å². The van der Waals surface area contributed by atoms with E-state index in [9.17, 15) is 9.59 Å². The first kappa shape index (κ1) is 18.6. The maximum atomic E-state index is 12.5. The van der Waals surface area contributed by atoms with Gasteiger partial charge < -0.3 is 14.4 Å². The summed E-state index contributed by atoms with van der Waals surface area (Å²) in [6, 6.07) is 5.71. The third-order valence-electron chi connectivity index (χ3n) is 5.36. The molecule has 2 N–H and O–H groups in total. The molecule has 1 aliphatic rings. The molecule has 28 heavy (non-hydrogen) atoms. The van der Waals surface area contributed by atoms with Gasteiger partial charge in [-0.2, -0.15) is 0 Å². The summed E-state index contributed by atoms with van der Waals surface area (Å²) in [6.45, 7) is 4.61. The number of aromatic nitrogens is 2. The Morgan fingerprint density at radius 2 is 2.25 bits per heavy atom. The number of amides is 2. The average molecular weight is 401 g/mol. The van der Waals surface area contributed by atoms with Crippen LogP contribution in [0, 0.1) is 19.8 Å². The van der Waals surface area contributed by atoms with E-state index >= 15 is 0 Å². The molecule has 7 nitrogen and oxygen atoms in total. The summed E-state index contributed by atoms with van der Waals surface area (Å²) in [5.74, 6) is -0.267. The lowest BCUT2D eigenvalue weighted by Gasteiger charge is -2.16. The van der Waals surface area contributed by atoms with Crippen molar-refractivity contribution in [3.8, 4) is 0 Å². The first-order valence-electron chi connectivity index (χ1n) is 9.19. The highest BCUT2D eigenvalue weighted by Gasteiger charge is 2.34. The molecule has 1 atom stereocenters. The number of nitrogens with one attached hydrogen (secondary N) is 2. The van der Waals surface area contributed by atoms with Crippen LogP contribution < -0.4 is 5.32 Å². The predicted octanol–water partition coefficient (Wildman–Crippen LogP) is 3.46. The first-order chi connectivity index (χ1) is 13.4. The zero-order chi connectivity index (χ0) is 19.8. The third-order valence-corrected chi connectivity index (χ3v) is 5.59. The van der Waals surface area contributed by atoms with E-state index in [4.69, 9.17) is 16.1 Å². The number of hydrogen-bond donors (Lipinski definition) is 2. The summed E-state index contributed by atoms with van der Waals surface area (Å²) in [5, 5.41) is 8.32. The van der Waals surface area contributed by atoms with Gasteiger partial charge >= 0.3 is 0 Å². The van der Waals surface area contributed by atoms with Crippen molar-refractivity contribution in [2.24, 2.45) is 5.92 Å². The zero-order valence-electron chi connectivity index (χ0n) is 15.7. The molecule has 1 aliphatic heterocycles. The van der Waals surface area contributed by atoms with Gasteiger partial charge in [-0.25, -0.2) is 0 Å². The maximum Gasteiger partial charge on any atom is 0.234 e. The lowest BCUT2D eigenvalue weighted by Crippen LogP contribution is -2.30. The number of fused-ring (bicyclic) bond motifs is 1. The summed E-state index contributed by atoms with van der Waals surface area (Å²) < 4.78 is 5.13. The molecule has 1 fully saturated rings. The Morgan fingerprint density at radius 3 is 3.00 bits per heavy atom. The number of anilines is 1. The molecule has 2 amide bonds. The number of benzene rings is 1. The minimum Gasteiger partial charge on any atom is -0.361 e. The second-order valence-corrected chi connectivity index (χ2v) is 7.64. The fraction of sp³-hybridized carbons (Fsp3) is 0.350. The van der Waals surface area contributed by atoms with Gasteiger partial charge in [0.25, 0.3) is 0 Å². The third kappa shape index (κ3) is 3.49. The van der Waals surface area contributed by atoms with Crippen molar-refractivity contribution in [2.75, 3.05) is 18.4 Å². The van der Waals surface area contributed by atoms with Crippen molar-refractivity contribution in [3.05, 3.63) is 46.2 Å². The molecule has 4 rings (SSSR count). The lowest BCUT2D eigenvalue weighted by molar-refractivity contribution is -0.128. The fourth-order valence-electron chi connectivity index (χ4n) is 3.52. The molecule has 0 radical (unpaired) electrons. The van der Waals surface area contributed by atoms with Crippen LogP contribution in [-0.2, 0) is 16.0 Å². The highest BCUT2D eigenvalue weighted by atomic mass is 35.5. The van der Waals surface area contributed by atoms with E-state index in [0.717, 1.165) is 27.7 Å². The smallest absolute Gasteiger partial charge is 0.234 e. The zero-order valence-corrected chi connectivity index (χ0v) is 16.5. The molecule has 1 saturated heterocycles. The Balaban J connectivity index is 1.38. The quantitative estimate of drug-likeness (QED) is 0.686. The second kappa shape index (κ2) is 7.31. The number of likely N-dealkylation sites (tertiary alicyclic amines) is 1. The van der Waals surface area contributed by atoms with Crippen LogP contribution in [0.3, 0.4) is 0 Å². The number of H-pyrrole nitrogens is 1.